The molecule has 2 aromatic carbocycles. The molecule has 4 aromatic rings. The summed E-state index contributed by atoms with van der Waals surface area (Å²) in [5.74, 6) is 1.56. The number of aromatic nitrogens is 2. The molecular weight excluding hydrogens is 324 g/mol. The number of hydrogen-bond acceptors (Lipinski definition) is 3. The van der Waals surface area contributed by atoms with E-state index in [4.69, 9.17) is 26.1 Å². The van der Waals surface area contributed by atoms with Crippen molar-refractivity contribution < 1.29 is 9.47 Å². The maximum Gasteiger partial charge on any atom is 0.163 e. The summed E-state index contributed by atoms with van der Waals surface area (Å²) in [6.45, 7) is 1.16. The van der Waals surface area contributed by atoms with E-state index >= 15 is 0 Å². The van der Waals surface area contributed by atoms with Crippen LogP contribution in [0.15, 0.2) is 48.7 Å². The molecule has 1 N–H and O–H groups in total. The number of nitrogens with one attached hydrogen (secondary N) is 1. The summed E-state index contributed by atoms with van der Waals surface area (Å²) >= 11 is 6.05. The Morgan fingerprint density at radius 3 is 2.67 bits per heavy atom. The third-order valence-corrected chi connectivity index (χ3v) is 4.51. The molecule has 0 unspecified atom stereocenters. The first-order chi connectivity index (χ1) is 11.8. The lowest BCUT2D eigenvalue weighted by Crippen LogP contribution is -2.15. The molecule has 0 amide bonds. The number of fused-ring (bicyclic) bond motifs is 3. The topological polar surface area (TPSA) is 47.1 Å². The van der Waals surface area contributed by atoms with Crippen LogP contribution < -0.4 is 9.47 Å². The minimum Gasteiger partial charge on any atom is -0.486 e. The average Bonchev–Trinajstić information content (AvgIpc) is 3.02. The predicted molar refractivity (Wildman–Crippen MR) is 95.0 cm³/mol. The molecule has 2 aromatic heterocycles. The summed E-state index contributed by atoms with van der Waals surface area (Å²) < 4.78 is 11.3. The van der Waals surface area contributed by atoms with Gasteiger partial charge in [0, 0.05) is 33.6 Å². The van der Waals surface area contributed by atoms with Gasteiger partial charge >= 0.3 is 0 Å². The second-order valence-corrected chi connectivity index (χ2v) is 6.21. The fraction of sp³-hybridized carbons (Fsp3) is 0.105. The van der Waals surface area contributed by atoms with Crippen molar-refractivity contribution in [1.29, 1.82) is 0 Å². The summed E-state index contributed by atoms with van der Waals surface area (Å²) in [7, 11) is 0. The molecule has 5 heteroatoms. The highest BCUT2D eigenvalue weighted by Gasteiger charge is 2.16. The highest BCUT2D eigenvalue weighted by molar-refractivity contribution is 6.31. The van der Waals surface area contributed by atoms with Crippen LogP contribution in [0.5, 0.6) is 11.5 Å². The number of ether oxygens (including phenoxy) is 2. The van der Waals surface area contributed by atoms with Crippen molar-refractivity contribution in [3.8, 4) is 22.8 Å². The SMILES string of the molecule is Clc1ccc2nc(-c3c[nH]c4cc5c(cc34)OCCO5)ccc2c1. The van der Waals surface area contributed by atoms with E-state index in [2.05, 4.69) is 4.98 Å². The standard InChI is InChI=1S/C19H13ClN2O2/c20-12-2-4-15-11(7-12)1-3-16(22-15)14-10-21-17-9-19-18(8-13(14)17)23-5-6-24-19/h1-4,7-10,21H,5-6H2. The third kappa shape index (κ3) is 2.11. The largest absolute Gasteiger partial charge is 0.486 e. The van der Waals surface area contributed by atoms with E-state index in [1.54, 1.807) is 0 Å². The van der Waals surface area contributed by atoms with Crippen LogP contribution in [0.4, 0.5) is 0 Å². The van der Waals surface area contributed by atoms with Crippen molar-refractivity contribution in [2.45, 2.75) is 0 Å². The summed E-state index contributed by atoms with van der Waals surface area (Å²) in [6, 6.07) is 13.8. The van der Waals surface area contributed by atoms with Crippen LogP contribution in [-0.4, -0.2) is 23.2 Å². The summed E-state index contributed by atoms with van der Waals surface area (Å²) in [4.78, 5) is 8.07. The van der Waals surface area contributed by atoms with Crippen LogP contribution in [0, 0.1) is 0 Å². The zero-order valence-electron chi connectivity index (χ0n) is 12.7. The van der Waals surface area contributed by atoms with Crippen molar-refractivity contribution in [3.05, 3.63) is 53.7 Å². The first kappa shape index (κ1) is 13.7. The van der Waals surface area contributed by atoms with Gasteiger partial charge in [-0.1, -0.05) is 17.7 Å². The van der Waals surface area contributed by atoms with Gasteiger partial charge in [0.25, 0.3) is 0 Å². The molecule has 0 saturated carbocycles. The average molecular weight is 337 g/mol. The Balaban J connectivity index is 1.69. The molecule has 118 valence electrons. The van der Waals surface area contributed by atoms with Gasteiger partial charge in [0.2, 0.25) is 0 Å². The first-order valence-electron chi connectivity index (χ1n) is 7.75. The Morgan fingerprint density at radius 1 is 0.958 bits per heavy atom. The number of benzene rings is 2. The normalized spacial score (nSPS) is 13.5. The van der Waals surface area contributed by atoms with Crippen LogP contribution in [0.2, 0.25) is 5.02 Å². The Bertz CT molecular complexity index is 1090. The van der Waals surface area contributed by atoms with E-state index < -0.39 is 0 Å². The van der Waals surface area contributed by atoms with E-state index in [9.17, 15) is 0 Å². The summed E-state index contributed by atoms with van der Waals surface area (Å²) in [5.41, 5.74) is 3.88. The number of halogens is 1. The van der Waals surface area contributed by atoms with Gasteiger partial charge in [0.05, 0.1) is 16.7 Å². The smallest absolute Gasteiger partial charge is 0.163 e. The van der Waals surface area contributed by atoms with Gasteiger partial charge in [-0.15, -0.1) is 0 Å². The molecule has 0 spiro atoms. The minimum absolute atomic E-state index is 0.577. The lowest BCUT2D eigenvalue weighted by atomic mass is 10.1. The van der Waals surface area contributed by atoms with Gasteiger partial charge in [0.15, 0.2) is 11.5 Å². The fourth-order valence-electron chi connectivity index (χ4n) is 3.12. The van der Waals surface area contributed by atoms with Crippen molar-refractivity contribution >= 4 is 33.4 Å². The Kier molecular flexibility index (Phi) is 2.94. The molecule has 1 aliphatic heterocycles. The molecule has 5 rings (SSSR count). The Hall–Kier alpha value is -2.72. The number of nitrogens with zero attached hydrogens (tertiary/aromatic N) is 1. The van der Waals surface area contributed by atoms with Gasteiger partial charge in [-0.05, 0) is 30.3 Å². The van der Waals surface area contributed by atoms with E-state index in [1.165, 1.54) is 0 Å². The third-order valence-electron chi connectivity index (χ3n) is 4.27. The number of rotatable bonds is 1. The molecule has 0 fully saturated rings. The maximum atomic E-state index is 6.05. The lowest BCUT2D eigenvalue weighted by Gasteiger charge is -2.18. The van der Waals surface area contributed by atoms with Gasteiger partial charge in [-0.25, -0.2) is 4.98 Å². The number of aromatic amines is 1. The maximum absolute atomic E-state index is 6.05. The highest BCUT2D eigenvalue weighted by Crippen LogP contribution is 2.38. The van der Waals surface area contributed by atoms with Crippen molar-refractivity contribution in [2.24, 2.45) is 0 Å². The molecule has 3 heterocycles. The monoisotopic (exact) mass is 336 g/mol. The van der Waals surface area contributed by atoms with Gasteiger partial charge in [0.1, 0.15) is 13.2 Å². The number of H-pyrrole nitrogens is 1. The zero-order chi connectivity index (χ0) is 16.1. The molecule has 4 nitrogen and oxygen atoms in total. The van der Waals surface area contributed by atoms with E-state index in [-0.39, 0.29) is 0 Å². The molecule has 0 radical (unpaired) electrons. The second-order valence-electron chi connectivity index (χ2n) is 5.78. The van der Waals surface area contributed by atoms with Crippen molar-refractivity contribution in [3.63, 3.8) is 0 Å². The van der Waals surface area contributed by atoms with Crippen LogP contribution in [0.3, 0.4) is 0 Å². The lowest BCUT2D eigenvalue weighted by molar-refractivity contribution is 0.172. The van der Waals surface area contributed by atoms with Gasteiger partial charge < -0.3 is 14.5 Å². The molecule has 1 aliphatic rings. The van der Waals surface area contributed by atoms with E-state index in [1.807, 2.05) is 48.7 Å². The minimum atomic E-state index is 0.577. The first-order valence-corrected chi connectivity index (χ1v) is 8.13. The van der Waals surface area contributed by atoms with Crippen molar-refractivity contribution in [1.82, 2.24) is 9.97 Å². The molecule has 0 atom stereocenters. The van der Waals surface area contributed by atoms with Crippen LogP contribution in [0.25, 0.3) is 33.1 Å². The number of pyridine rings is 1. The van der Waals surface area contributed by atoms with Crippen LogP contribution in [0.1, 0.15) is 0 Å². The Labute approximate surface area is 143 Å². The number of hydrogen-bond donors (Lipinski definition) is 1. The van der Waals surface area contributed by atoms with E-state index in [0.29, 0.717) is 18.2 Å². The molecule has 0 aliphatic carbocycles. The summed E-state index contributed by atoms with van der Waals surface area (Å²) in [6.07, 6.45) is 1.97. The zero-order valence-corrected chi connectivity index (χ0v) is 13.4. The van der Waals surface area contributed by atoms with Crippen LogP contribution in [-0.2, 0) is 0 Å². The molecule has 0 bridgehead atoms. The van der Waals surface area contributed by atoms with E-state index in [0.717, 1.165) is 44.6 Å². The Morgan fingerprint density at radius 2 is 1.79 bits per heavy atom. The quantitative estimate of drug-likeness (QED) is 0.542. The summed E-state index contributed by atoms with van der Waals surface area (Å²) in [5, 5.41) is 2.81. The highest BCUT2D eigenvalue weighted by atomic mass is 35.5. The van der Waals surface area contributed by atoms with Crippen molar-refractivity contribution in [2.75, 3.05) is 13.2 Å². The molecule has 0 saturated heterocycles. The van der Waals surface area contributed by atoms with Gasteiger partial charge in [-0.3, -0.25) is 0 Å². The van der Waals surface area contributed by atoms with Gasteiger partial charge in [-0.2, -0.15) is 0 Å². The van der Waals surface area contributed by atoms with Crippen LogP contribution >= 0.6 is 11.6 Å². The molecule has 24 heavy (non-hydrogen) atoms. The second kappa shape index (κ2) is 5.14. The fourth-order valence-corrected chi connectivity index (χ4v) is 3.30. The molecular formula is C19H13ClN2O2. The predicted octanol–water partition coefficient (Wildman–Crippen LogP) is 4.81.